The molecule has 1 N–H and O–H groups in total. The van der Waals surface area contributed by atoms with Gasteiger partial charge in [0.1, 0.15) is 5.75 Å². The predicted octanol–water partition coefficient (Wildman–Crippen LogP) is 3.44. The normalized spacial score (nSPS) is 12.4. The quantitative estimate of drug-likeness (QED) is 0.825. The Hall–Kier alpha value is -1.40. The van der Waals surface area contributed by atoms with Crippen LogP contribution in [-0.4, -0.2) is 29.8 Å². The van der Waals surface area contributed by atoms with Gasteiger partial charge in [0.05, 0.1) is 11.6 Å². The van der Waals surface area contributed by atoms with E-state index in [1.54, 1.807) is 7.11 Å². The summed E-state index contributed by atoms with van der Waals surface area (Å²) in [5.41, 5.74) is 0.895. The fourth-order valence-electron chi connectivity index (χ4n) is 1.99. The van der Waals surface area contributed by atoms with Crippen LogP contribution in [0.25, 0.3) is 11.4 Å². The third-order valence-corrected chi connectivity index (χ3v) is 3.72. The molecule has 0 aliphatic rings. The van der Waals surface area contributed by atoms with Crippen LogP contribution in [0, 0.1) is 0 Å². The minimum atomic E-state index is 0.320. The van der Waals surface area contributed by atoms with Crippen LogP contribution in [0.2, 0.25) is 0 Å². The number of aromatic nitrogens is 2. The van der Waals surface area contributed by atoms with Crippen molar-refractivity contribution in [2.24, 2.45) is 0 Å². The molecule has 2 aromatic rings. The zero-order valence-electron chi connectivity index (χ0n) is 12.5. The summed E-state index contributed by atoms with van der Waals surface area (Å²) in [6, 6.07) is 6.03. The zero-order valence-corrected chi connectivity index (χ0v) is 14.1. The fourth-order valence-corrected chi connectivity index (χ4v) is 2.53. The second kappa shape index (κ2) is 7.56. The van der Waals surface area contributed by atoms with E-state index in [1.807, 2.05) is 18.2 Å². The predicted molar refractivity (Wildman–Crippen MR) is 85.4 cm³/mol. The van der Waals surface area contributed by atoms with Crippen LogP contribution in [0.5, 0.6) is 5.75 Å². The lowest BCUT2D eigenvalue weighted by Gasteiger charge is -2.09. The smallest absolute Gasteiger partial charge is 0.228 e. The van der Waals surface area contributed by atoms with Crippen LogP contribution in [0.3, 0.4) is 0 Å². The Labute approximate surface area is 133 Å². The van der Waals surface area contributed by atoms with Gasteiger partial charge in [-0.25, -0.2) is 0 Å². The highest BCUT2D eigenvalue weighted by molar-refractivity contribution is 9.10. The van der Waals surface area contributed by atoms with Crippen molar-refractivity contribution in [3.63, 3.8) is 0 Å². The number of hydrogen-bond acceptors (Lipinski definition) is 5. The minimum Gasteiger partial charge on any atom is -0.496 e. The molecule has 2 rings (SSSR count). The minimum absolute atomic E-state index is 0.320. The molecule has 1 unspecified atom stereocenters. The van der Waals surface area contributed by atoms with Crippen molar-refractivity contribution in [1.29, 1.82) is 0 Å². The van der Waals surface area contributed by atoms with Gasteiger partial charge in [0.15, 0.2) is 0 Å². The SMILES string of the molecule is CCCNC(C)Cc1nc(-c2ccc(OC)c(Br)c2)no1. The number of methoxy groups -OCH3 is 1. The van der Waals surface area contributed by atoms with E-state index in [9.17, 15) is 0 Å². The first-order valence-corrected chi connectivity index (χ1v) is 7.83. The lowest BCUT2D eigenvalue weighted by molar-refractivity contribution is 0.362. The molecule has 0 spiro atoms. The maximum Gasteiger partial charge on any atom is 0.228 e. The van der Waals surface area contributed by atoms with Gasteiger partial charge in [-0.3, -0.25) is 0 Å². The molecule has 0 aliphatic heterocycles. The Kier molecular flexibility index (Phi) is 5.76. The summed E-state index contributed by atoms with van der Waals surface area (Å²) in [7, 11) is 1.64. The Morgan fingerprint density at radius 2 is 2.24 bits per heavy atom. The van der Waals surface area contributed by atoms with E-state index in [0.29, 0.717) is 17.8 Å². The number of nitrogens with zero attached hydrogens (tertiary/aromatic N) is 2. The summed E-state index contributed by atoms with van der Waals surface area (Å²) in [6.45, 7) is 5.25. The monoisotopic (exact) mass is 353 g/mol. The van der Waals surface area contributed by atoms with Crippen LogP contribution in [-0.2, 0) is 6.42 Å². The van der Waals surface area contributed by atoms with Crippen molar-refractivity contribution >= 4 is 15.9 Å². The lowest BCUT2D eigenvalue weighted by Crippen LogP contribution is -2.28. The van der Waals surface area contributed by atoms with Gasteiger partial charge in [0, 0.05) is 18.0 Å². The van der Waals surface area contributed by atoms with E-state index in [2.05, 4.69) is 45.2 Å². The molecule has 0 aliphatic carbocycles. The molecular formula is C15H20BrN3O2. The third-order valence-electron chi connectivity index (χ3n) is 3.10. The molecule has 0 saturated carbocycles. The van der Waals surface area contributed by atoms with Crippen LogP contribution < -0.4 is 10.1 Å². The Bertz CT molecular complexity index is 586. The first kappa shape index (κ1) is 16.0. The van der Waals surface area contributed by atoms with E-state index in [4.69, 9.17) is 9.26 Å². The van der Waals surface area contributed by atoms with Crippen molar-refractivity contribution in [1.82, 2.24) is 15.5 Å². The molecular weight excluding hydrogens is 334 g/mol. The van der Waals surface area contributed by atoms with Crippen molar-refractivity contribution in [3.05, 3.63) is 28.6 Å². The maximum absolute atomic E-state index is 5.32. The number of nitrogens with one attached hydrogen (secondary N) is 1. The summed E-state index contributed by atoms with van der Waals surface area (Å²) in [4.78, 5) is 4.45. The molecule has 21 heavy (non-hydrogen) atoms. The summed E-state index contributed by atoms with van der Waals surface area (Å²) in [5.74, 6) is 2.02. The number of rotatable bonds is 7. The molecule has 1 atom stereocenters. The van der Waals surface area contributed by atoms with Gasteiger partial charge in [0.25, 0.3) is 0 Å². The van der Waals surface area contributed by atoms with E-state index in [-0.39, 0.29) is 0 Å². The molecule has 114 valence electrons. The van der Waals surface area contributed by atoms with Gasteiger partial charge in [-0.15, -0.1) is 0 Å². The van der Waals surface area contributed by atoms with Crippen molar-refractivity contribution in [2.45, 2.75) is 32.7 Å². The highest BCUT2D eigenvalue weighted by atomic mass is 79.9. The first-order valence-electron chi connectivity index (χ1n) is 7.04. The van der Waals surface area contributed by atoms with Crippen LogP contribution >= 0.6 is 15.9 Å². The number of ether oxygens (including phenoxy) is 1. The lowest BCUT2D eigenvalue weighted by atomic mass is 10.2. The molecule has 5 nitrogen and oxygen atoms in total. The molecule has 0 bridgehead atoms. The average molecular weight is 354 g/mol. The summed E-state index contributed by atoms with van der Waals surface area (Å²) in [6.07, 6.45) is 1.84. The topological polar surface area (TPSA) is 60.2 Å². The molecule has 0 fully saturated rings. The van der Waals surface area contributed by atoms with E-state index in [1.165, 1.54) is 0 Å². The summed E-state index contributed by atoms with van der Waals surface area (Å²) < 4.78 is 11.4. The second-order valence-corrected chi connectivity index (χ2v) is 5.77. The number of benzene rings is 1. The van der Waals surface area contributed by atoms with Gasteiger partial charge >= 0.3 is 0 Å². The summed E-state index contributed by atoms with van der Waals surface area (Å²) in [5, 5.41) is 7.44. The van der Waals surface area contributed by atoms with E-state index in [0.717, 1.165) is 35.2 Å². The van der Waals surface area contributed by atoms with E-state index < -0.39 is 0 Å². The van der Waals surface area contributed by atoms with Gasteiger partial charge in [-0.05, 0) is 54.0 Å². The van der Waals surface area contributed by atoms with Gasteiger partial charge in [-0.2, -0.15) is 4.98 Å². The Morgan fingerprint density at radius 1 is 1.43 bits per heavy atom. The Balaban J connectivity index is 2.07. The number of hydrogen-bond donors (Lipinski definition) is 1. The number of halogens is 1. The maximum atomic E-state index is 5.32. The highest BCUT2D eigenvalue weighted by Gasteiger charge is 2.13. The molecule has 0 saturated heterocycles. The molecule has 1 heterocycles. The van der Waals surface area contributed by atoms with Crippen LogP contribution in [0.4, 0.5) is 0 Å². The van der Waals surface area contributed by atoms with Crippen LogP contribution in [0.15, 0.2) is 27.2 Å². The standard InChI is InChI=1S/C15H20BrN3O2/c1-4-7-17-10(2)8-14-18-15(19-21-14)11-5-6-13(20-3)12(16)9-11/h5-6,9-10,17H,4,7-8H2,1-3H3. The zero-order chi connectivity index (χ0) is 15.2. The average Bonchev–Trinajstić information content (AvgIpc) is 2.93. The Morgan fingerprint density at radius 3 is 2.90 bits per heavy atom. The molecule has 1 aromatic heterocycles. The largest absolute Gasteiger partial charge is 0.496 e. The fraction of sp³-hybridized carbons (Fsp3) is 0.467. The van der Waals surface area contributed by atoms with Crippen molar-refractivity contribution < 1.29 is 9.26 Å². The second-order valence-electron chi connectivity index (χ2n) is 4.92. The van der Waals surface area contributed by atoms with Gasteiger partial charge < -0.3 is 14.6 Å². The van der Waals surface area contributed by atoms with Crippen molar-refractivity contribution in [2.75, 3.05) is 13.7 Å². The molecule has 0 radical (unpaired) electrons. The van der Waals surface area contributed by atoms with Crippen LogP contribution in [0.1, 0.15) is 26.2 Å². The van der Waals surface area contributed by atoms with Crippen molar-refractivity contribution in [3.8, 4) is 17.1 Å². The van der Waals surface area contributed by atoms with Gasteiger partial charge in [-0.1, -0.05) is 12.1 Å². The highest BCUT2D eigenvalue weighted by Crippen LogP contribution is 2.29. The summed E-state index contributed by atoms with van der Waals surface area (Å²) >= 11 is 3.46. The third kappa shape index (κ3) is 4.28. The first-order chi connectivity index (χ1) is 10.1. The molecule has 0 amide bonds. The molecule has 1 aromatic carbocycles. The molecule has 6 heteroatoms. The van der Waals surface area contributed by atoms with E-state index >= 15 is 0 Å². The van der Waals surface area contributed by atoms with Gasteiger partial charge in [0.2, 0.25) is 11.7 Å².